The van der Waals surface area contributed by atoms with Gasteiger partial charge in [-0.3, -0.25) is 14.2 Å². The summed E-state index contributed by atoms with van der Waals surface area (Å²) in [6, 6.07) is 13.5. The van der Waals surface area contributed by atoms with E-state index in [4.69, 9.17) is 9.72 Å². The molecule has 1 aromatic heterocycles. The number of nitrogens with zero attached hydrogens (tertiary/aromatic N) is 3. The smallest absolute Gasteiger partial charge is 0.261 e. The average Bonchev–Trinajstić information content (AvgIpc) is 2.78. The largest absolute Gasteiger partial charge is 0.378 e. The molecular weight excluding hydrogens is 380 g/mol. The molecule has 0 bridgehead atoms. The minimum Gasteiger partial charge on any atom is -0.378 e. The summed E-state index contributed by atoms with van der Waals surface area (Å²) in [7, 11) is 0. The van der Waals surface area contributed by atoms with Gasteiger partial charge in [-0.1, -0.05) is 37.3 Å². The number of nitrogens with one attached hydrogen (secondary N) is 1. The Kier molecular flexibility index (Phi) is 5.81. The third-order valence-electron chi connectivity index (χ3n) is 5.39. The molecule has 0 saturated carbocycles. The van der Waals surface area contributed by atoms with Crippen LogP contribution >= 0.6 is 0 Å². The number of morpholine rings is 1. The second-order valence-electron chi connectivity index (χ2n) is 7.42. The van der Waals surface area contributed by atoms with Crippen molar-refractivity contribution in [2.75, 3.05) is 36.5 Å². The van der Waals surface area contributed by atoms with Crippen LogP contribution < -0.4 is 15.8 Å². The topological polar surface area (TPSA) is 76.5 Å². The van der Waals surface area contributed by atoms with Gasteiger partial charge in [0.2, 0.25) is 5.91 Å². The van der Waals surface area contributed by atoms with Crippen molar-refractivity contribution in [3.63, 3.8) is 0 Å². The van der Waals surface area contributed by atoms with Crippen LogP contribution in [0.5, 0.6) is 0 Å². The Balaban J connectivity index is 1.83. The number of anilines is 2. The lowest BCUT2D eigenvalue weighted by molar-refractivity contribution is -0.115. The molecule has 30 heavy (non-hydrogen) atoms. The maximum absolute atomic E-state index is 13.3. The van der Waals surface area contributed by atoms with E-state index < -0.39 is 0 Å². The van der Waals surface area contributed by atoms with Crippen molar-refractivity contribution in [2.24, 2.45) is 0 Å². The van der Waals surface area contributed by atoms with Gasteiger partial charge in [-0.25, -0.2) is 4.98 Å². The monoisotopic (exact) mass is 406 g/mol. The molecule has 0 spiro atoms. The standard InChI is InChI=1S/C23H26N4O3/c1-3-22(28)25-20-13-18-19(14-21(20)26-9-11-30-12-10-26)24-16(2)27(23(18)29)15-17-7-5-4-6-8-17/h4-8,13-14H,3,9-12,15H2,1-2H3,(H,25,28). The normalized spacial score (nSPS) is 14.1. The van der Waals surface area contributed by atoms with Gasteiger partial charge in [0.05, 0.1) is 42.0 Å². The van der Waals surface area contributed by atoms with Gasteiger partial charge in [0, 0.05) is 19.5 Å². The minimum absolute atomic E-state index is 0.0893. The first-order valence-corrected chi connectivity index (χ1v) is 10.3. The number of amides is 1. The SMILES string of the molecule is CCC(=O)Nc1cc2c(=O)n(Cc3ccccc3)c(C)nc2cc1N1CCOCC1. The van der Waals surface area contributed by atoms with Gasteiger partial charge in [-0.15, -0.1) is 0 Å². The van der Waals surface area contributed by atoms with E-state index in [1.165, 1.54) is 0 Å². The highest BCUT2D eigenvalue weighted by molar-refractivity contribution is 5.98. The van der Waals surface area contributed by atoms with Gasteiger partial charge in [0.1, 0.15) is 5.82 Å². The molecule has 1 aliphatic heterocycles. The summed E-state index contributed by atoms with van der Waals surface area (Å²) in [4.78, 5) is 32.4. The third-order valence-corrected chi connectivity index (χ3v) is 5.39. The first kappa shape index (κ1) is 20.1. The number of rotatable bonds is 5. The van der Waals surface area contributed by atoms with Crippen LogP contribution in [-0.4, -0.2) is 41.8 Å². The molecule has 1 fully saturated rings. The van der Waals surface area contributed by atoms with Gasteiger partial charge in [-0.05, 0) is 24.6 Å². The molecule has 2 heterocycles. The number of ether oxygens (including phenoxy) is 1. The molecule has 1 amide bonds. The zero-order valence-electron chi connectivity index (χ0n) is 17.4. The van der Waals surface area contributed by atoms with Crippen molar-refractivity contribution >= 4 is 28.2 Å². The van der Waals surface area contributed by atoms with Gasteiger partial charge < -0.3 is 15.0 Å². The molecule has 0 aliphatic carbocycles. The van der Waals surface area contributed by atoms with Gasteiger partial charge in [-0.2, -0.15) is 0 Å². The fraction of sp³-hybridized carbons (Fsp3) is 0.348. The van der Waals surface area contributed by atoms with E-state index in [0.717, 1.165) is 24.3 Å². The molecule has 0 unspecified atom stereocenters. The van der Waals surface area contributed by atoms with Crippen LogP contribution in [0.2, 0.25) is 0 Å². The summed E-state index contributed by atoms with van der Waals surface area (Å²) in [6.07, 6.45) is 0.366. The molecule has 0 radical (unpaired) electrons. The Morgan fingerprint density at radius 2 is 1.90 bits per heavy atom. The van der Waals surface area contributed by atoms with Gasteiger partial charge >= 0.3 is 0 Å². The van der Waals surface area contributed by atoms with Crippen molar-refractivity contribution in [2.45, 2.75) is 26.8 Å². The number of benzene rings is 2. The van der Waals surface area contributed by atoms with E-state index in [9.17, 15) is 9.59 Å². The van der Waals surface area contributed by atoms with E-state index in [1.54, 1.807) is 10.6 Å². The van der Waals surface area contributed by atoms with Crippen LogP contribution in [0.1, 0.15) is 24.7 Å². The molecule has 2 aromatic carbocycles. The highest BCUT2D eigenvalue weighted by Crippen LogP contribution is 2.30. The number of aryl methyl sites for hydroxylation is 1. The van der Waals surface area contributed by atoms with E-state index in [0.29, 0.717) is 48.6 Å². The zero-order chi connectivity index (χ0) is 21.1. The average molecular weight is 406 g/mol. The molecule has 1 aliphatic rings. The lowest BCUT2D eigenvalue weighted by Crippen LogP contribution is -2.37. The van der Waals surface area contributed by atoms with Crippen molar-refractivity contribution in [1.82, 2.24) is 9.55 Å². The first-order valence-electron chi connectivity index (χ1n) is 10.3. The van der Waals surface area contributed by atoms with Crippen LogP contribution in [0.25, 0.3) is 10.9 Å². The lowest BCUT2D eigenvalue weighted by atomic mass is 10.1. The number of carbonyl (C=O) groups is 1. The minimum atomic E-state index is -0.109. The van der Waals surface area contributed by atoms with Crippen LogP contribution in [-0.2, 0) is 16.1 Å². The first-order chi connectivity index (χ1) is 14.6. The number of aromatic nitrogens is 2. The van der Waals surface area contributed by atoms with Crippen LogP contribution in [0, 0.1) is 6.92 Å². The Hall–Kier alpha value is -3.19. The summed E-state index contributed by atoms with van der Waals surface area (Å²) in [5, 5.41) is 3.46. The highest BCUT2D eigenvalue weighted by Gasteiger charge is 2.19. The zero-order valence-corrected chi connectivity index (χ0v) is 17.4. The Bertz CT molecular complexity index is 1120. The quantitative estimate of drug-likeness (QED) is 0.705. The Morgan fingerprint density at radius 1 is 1.17 bits per heavy atom. The van der Waals surface area contributed by atoms with Gasteiger partial charge in [0.25, 0.3) is 5.56 Å². The van der Waals surface area contributed by atoms with Crippen molar-refractivity contribution < 1.29 is 9.53 Å². The molecule has 3 aromatic rings. The molecule has 7 heteroatoms. The fourth-order valence-electron chi connectivity index (χ4n) is 3.72. The molecule has 156 valence electrons. The molecule has 7 nitrogen and oxygen atoms in total. The molecule has 1 saturated heterocycles. The third kappa shape index (κ3) is 4.07. The molecular formula is C23H26N4O3. The van der Waals surface area contributed by atoms with Crippen molar-refractivity contribution in [1.29, 1.82) is 0 Å². The lowest BCUT2D eigenvalue weighted by Gasteiger charge is -2.30. The van der Waals surface area contributed by atoms with E-state index in [1.807, 2.05) is 50.2 Å². The van der Waals surface area contributed by atoms with E-state index >= 15 is 0 Å². The van der Waals surface area contributed by atoms with Crippen LogP contribution in [0.4, 0.5) is 11.4 Å². The Labute approximate surface area is 175 Å². The summed E-state index contributed by atoms with van der Waals surface area (Å²) in [5.74, 6) is 0.572. The summed E-state index contributed by atoms with van der Waals surface area (Å²) >= 11 is 0. The van der Waals surface area contributed by atoms with Crippen LogP contribution in [0.15, 0.2) is 47.3 Å². The number of fused-ring (bicyclic) bond motifs is 1. The number of carbonyl (C=O) groups excluding carboxylic acids is 1. The maximum atomic E-state index is 13.3. The van der Waals surface area contributed by atoms with Crippen molar-refractivity contribution in [3.8, 4) is 0 Å². The fourth-order valence-corrected chi connectivity index (χ4v) is 3.72. The predicted molar refractivity (Wildman–Crippen MR) is 118 cm³/mol. The molecule has 4 rings (SSSR count). The highest BCUT2D eigenvalue weighted by atomic mass is 16.5. The molecule has 0 atom stereocenters. The van der Waals surface area contributed by atoms with Crippen LogP contribution in [0.3, 0.4) is 0 Å². The van der Waals surface area contributed by atoms with Crippen molar-refractivity contribution in [3.05, 3.63) is 64.2 Å². The molecule has 1 N–H and O–H groups in total. The predicted octanol–water partition coefficient (Wildman–Crippen LogP) is 2.94. The second-order valence-corrected chi connectivity index (χ2v) is 7.42. The Morgan fingerprint density at radius 3 is 2.60 bits per heavy atom. The summed E-state index contributed by atoms with van der Waals surface area (Å²) in [6.45, 7) is 6.83. The number of hydrogen-bond acceptors (Lipinski definition) is 5. The van der Waals surface area contributed by atoms with Gasteiger partial charge in [0.15, 0.2) is 0 Å². The number of hydrogen-bond donors (Lipinski definition) is 1. The van der Waals surface area contributed by atoms with E-state index in [-0.39, 0.29) is 11.5 Å². The summed E-state index contributed by atoms with van der Waals surface area (Å²) in [5.41, 5.74) is 3.08. The summed E-state index contributed by atoms with van der Waals surface area (Å²) < 4.78 is 7.14. The maximum Gasteiger partial charge on any atom is 0.261 e. The second kappa shape index (κ2) is 8.67. The van der Waals surface area contributed by atoms with E-state index in [2.05, 4.69) is 10.2 Å².